The molecule has 0 aliphatic carbocycles. The summed E-state index contributed by atoms with van der Waals surface area (Å²) < 4.78 is 3.26. The van der Waals surface area contributed by atoms with Gasteiger partial charge in [0.2, 0.25) is 0 Å². The average Bonchev–Trinajstić information content (AvgIpc) is 3.09. The first-order valence-electron chi connectivity index (χ1n) is 7.37. The third-order valence-electron chi connectivity index (χ3n) is 4.00. The first kappa shape index (κ1) is 14.7. The van der Waals surface area contributed by atoms with Crippen LogP contribution in [0.1, 0.15) is 10.4 Å². The molecule has 5 nitrogen and oxygen atoms in total. The van der Waals surface area contributed by atoms with Crippen molar-refractivity contribution in [2.75, 3.05) is 0 Å². The molecule has 24 heavy (non-hydrogen) atoms. The van der Waals surface area contributed by atoms with Gasteiger partial charge in [-0.1, -0.05) is 23.7 Å². The third-order valence-corrected chi connectivity index (χ3v) is 4.25. The number of halogens is 1. The van der Waals surface area contributed by atoms with Crippen molar-refractivity contribution in [3.63, 3.8) is 0 Å². The van der Waals surface area contributed by atoms with E-state index in [1.165, 1.54) is 4.57 Å². The van der Waals surface area contributed by atoms with E-state index < -0.39 is 0 Å². The molecular formula is C18H12ClN3O2. The number of aromatic nitrogens is 3. The fraction of sp³-hybridized carbons (Fsp3) is 0.0556. The number of fused-ring (bicyclic) bond motifs is 3. The largest absolute Gasteiger partial charge is 0.292 e. The fourth-order valence-corrected chi connectivity index (χ4v) is 2.94. The van der Waals surface area contributed by atoms with Crippen LogP contribution in [0.15, 0.2) is 65.8 Å². The maximum absolute atomic E-state index is 12.8. The van der Waals surface area contributed by atoms with E-state index in [9.17, 15) is 9.59 Å². The topological polar surface area (TPSA) is 56.4 Å². The first-order valence-corrected chi connectivity index (χ1v) is 7.75. The van der Waals surface area contributed by atoms with Gasteiger partial charge in [-0.15, -0.1) is 0 Å². The van der Waals surface area contributed by atoms with Crippen LogP contribution in [0.5, 0.6) is 0 Å². The van der Waals surface area contributed by atoms with Crippen LogP contribution >= 0.6 is 11.6 Å². The van der Waals surface area contributed by atoms with Crippen LogP contribution in [0.3, 0.4) is 0 Å². The maximum Gasteiger partial charge on any atom is 0.262 e. The summed E-state index contributed by atoms with van der Waals surface area (Å²) in [5.74, 6) is -0.160. The molecule has 0 amide bonds. The van der Waals surface area contributed by atoms with Crippen LogP contribution in [-0.4, -0.2) is 19.7 Å². The molecule has 0 saturated heterocycles. The van der Waals surface area contributed by atoms with Gasteiger partial charge in [0.1, 0.15) is 12.0 Å². The Labute approximate surface area is 141 Å². The van der Waals surface area contributed by atoms with Gasteiger partial charge in [0.15, 0.2) is 5.78 Å². The zero-order chi connectivity index (χ0) is 16.7. The number of carbonyl (C=O) groups excluding carboxylic acids is 1. The summed E-state index contributed by atoms with van der Waals surface area (Å²) in [4.78, 5) is 29.5. The van der Waals surface area contributed by atoms with Gasteiger partial charge in [-0.2, -0.15) is 0 Å². The van der Waals surface area contributed by atoms with Crippen molar-refractivity contribution < 1.29 is 4.79 Å². The van der Waals surface area contributed by atoms with Crippen LogP contribution in [-0.2, 0) is 6.54 Å². The summed E-state index contributed by atoms with van der Waals surface area (Å²) in [6, 6.07) is 13.9. The minimum absolute atomic E-state index is 0.0551. The van der Waals surface area contributed by atoms with Gasteiger partial charge in [0.25, 0.3) is 5.56 Å². The van der Waals surface area contributed by atoms with E-state index >= 15 is 0 Å². The van der Waals surface area contributed by atoms with Gasteiger partial charge in [-0.05, 0) is 36.4 Å². The van der Waals surface area contributed by atoms with E-state index in [0.717, 1.165) is 5.52 Å². The number of para-hydroxylation sites is 1. The molecule has 118 valence electrons. The predicted molar refractivity (Wildman–Crippen MR) is 92.7 cm³/mol. The van der Waals surface area contributed by atoms with Gasteiger partial charge in [0.05, 0.1) is 23.6 Å². The molecule has 0 spiro atoms. The van der Waals surface area contributed by atoms with Crippen molar-refractivity contribution in [1.29, 1.82) is 0 Å². The van der Waals surface area contributed by atoms with Crippen molar-refractivity contribution in [2.24, 2.45) is 0 Å². The number of hydrogen-bond acceptors (Lipinski definition) is 3. The smallest absolute Gasteiger partial charge is 0.262 e. The molecule has 6 heteroatoms. The molecule has 4 aromatic rings. The molecule has 0 aliphatic heterocycles. The molecule has 2 aromatic carbocycles. The number of nitrogens with zero attached hydrogens (tertiary/aromatic N) is 3. The highest BCUT2D eigenvalue weighted by molar-refractivity contribution is 6.30. The lowest BCUT2D eigenvalue weighted by Gasteiger charge is -2.10. The summed E-state index contributed by atoms with van der Waals surface area (Å²) in [6.07, 6.45) is 3.23. The summed E-state index contributed by atoms with van der Waals surface area (Å²) in [7, 11) is 0. The minimum atomic E-state index is -0.207. The molecule has 0 saturated carbocycles. The number of hydrogen-bond donors (Lipinski definition) is 0. The van der Waals surface area contributed by atoms with Gasteiger partial charge in [-0.3, -0.25) is 18.6 Å². The second-order valence-electron chi connectivity index (χ2n) is 5.46. The second kappa shape index (κ2) is 5.62. The number of imidazole rings is 1. The summed E-state index contributed by atoms with van der Waals surface area (Å²) in [5.41, 5.74) is 1.66. The minimum Gasteiger partial charge on any atom is -0.292 e. The molecular weight excluding hydrogens is 326 g/mol. The molecule has 2 aromatic heterocycles. The Morgan fingerprint density at radius 3 is 2.62 bits per heavy atom. The molecule has 0 radical (unpaired) electrons. The monoisotopic (exact) mass is 337 g/mol. The van der Waals surface area contributed by atoms with Crippen LogP contribution in [0.25, 0.3) is 16.6 Å². The lowest BCUT2D eigenvalue weighted by Crippen LogP contribution is -2.26. The van der Waals surface area contributed by atoms with E-state index in [2.05, 4.69) is 4.98 Å². The van der Waals surface area contributed by atoms with Crippen molar-refractivity contribution in [3.05, 3.63) is 82.0 Å². The van der Waals surface area contributed by atoms with Crippen molar-refractivity contribution in [1.82, 2.24) is 14.0 Å². The zero-order valence-electron chi connectivity index (χ0n) is 12.5. The Morgan fingerprint density at radius 1 is 1.08 bits per heavy atom. The SMILES string of the molecule is O=C(Cn1c(=O)c2ccccc2n2cncc12)c1ccc(Cl)cc1. The highest BCUT2D eigenvalue weighted by Gasteiger charge is 2.14. The molecule has 0 fully saturated rings. The van der Waals surface area contributed by atoms with Gasteiger partial charge < -0.3 is 0 Å². The summed E-state index contributed by atoms with van der Waals surface area (Å²) in [6.45, 7) is -0.0551. The molecule has 2 heterocycles. The lowest BCUT2D eigenvalue weighted by atomic mass is 10.1. The third kappa shape index (κ3) is 2.30. The van der Waals surface area contributed by atoms with Crippen LogP contribution < -0.4 is 5.56 Å². The Kier molecular flexibility index (Phi) is 3.43. The Morgan fingerprint density at radius 2 is 1.83 bits per heavy atom. The lowest BCUT2D eigenvalue weighted by molar-refractivity contribution is 0.0972. The second-order valence-corrected chi connectivity index (χ2v) is 5.90. The van der Waals surface area contributed by atoms with E-state index in [1.54, 1.807) is 48.9 Å². The normalized spacial score (nSPS) is 11.2. The van der Waals surface area contributed by atoms with Crippen molar-refractivity contribution in [3.8, 4) is 0 Å². The first-order chi connectivity index (χ1) is 11.6. The Bertz CT molecular complexity index is 1130. The molecule has 0 atom stereocenters. The molecule has 0 unspecified atom stereocenters. The van der Waals surface area contributed by atoms with E-state index in [0.29, 0.717) is 21.6 Å². The highest BCUT2D eigenvalue weighted by Crippen LogP contribution is 2.15. The Hall–Kier alpha value is -2.92. The maximum atomic E-state index is 12.8. The number of Topliss-reactive ketones (excluding diaryl/α,β-unsaturated/α-hetero) is 1. The molecule has 0 aliphatic rings. The fourth-order valence-electron chi connectivity index (χ4n) is 2.81. The number of rotatable bonds is 3. The molecule has 4 rings (SSSR count). The van der Waals surface area contributed by atoms with Gasteiger partial charge in [0, 0.05) is 10.6 Å². The van der Waals surface area contributed by atoms with E-state index in [4.69, 9.17) is 11.6 Å². The zero-order valence-corrected chi connectivity index (χ0v) is 13.3. The average molecular weight is 338 g/mol. The van der Waals surface area contributed by atoms with Crippen LogP contribution in [0.2, 0.25) is 5.02 Å². The standard InChI is InChI=1S/C18H12ClN3O2/c19-13-7-5-12(6-8-13)16(23)10-21-17-9-20-11-22(17)15-4-2-1-3-14(15)18(21)24/h1-9,11H,10H2. The molecule has 0 bridgehead atoms. The van der Waals surface area contributed by atoms with E-state index in [1.807, 2.05) is 16.5 Å². The quantitative estimate of drug-likeness (QED) is 0.539. The van der Waals surface area contributed by atoms with Gasteiger partial charge >= 0.3 is 0 Å². The van der Waals surface area contributed by atoms with Crippen LogP contribution in [0.4, 0.5) is 0 Å². The van der Waals surface area contributed by atoms with Crippen molar-refractivity contribution >= 4 is 33.9 Å². The van der Waals surface area contributed by atoms with Crippen molar-refractivity contribution in [2.45, 2.75) is 6.54 Å². The summed E-state index contributed by atoms with van der Waals surface area (Å²) in [5, 5.41) is 1.11. The van der Waals surface area contributed by atoms with Crippen LogP contribution in [0, 0.1) is 0 Å². The van der Waals surface area contributed by atoms with E-state index in [-0.39, 0.29) is 17.9 Å². The number of benzene rings is 2. The number of ketones is 1. The number of carbonyl (C=O) groups is 1. The molecule has 0 N–H and O–H groups in total. The predicted octanol–water partition coefficient (Wildman–Crippen LogP) is 3.19. The highest BCUT2D eigenvalue weighted by atomic mass is 35.5. The summed E-state index contributed by atoms with van der Waals surface area (Å²) >= 11 is 5.85. The van der Waals surface area contributed by atoms with Gasteiger partial charge in [-0.25, -0.2) is 4.98 Å². The Balaban J connectivity index is 1.88.